The van der Waals surface area contributed by atoms with E-state index >= 15 is 0 Å². The number of hydrogen-bond acceptors (Lipinski definition) is 4. The number of rotatable bonds is 2. The molecular formula is C20H20N2O3. The molecule has 0 saturated heterocycles. The normalized spacial score (nSPS) is 25.6. The fourth-order valence-electron chi connectivity index (χ4n) is 3.87. The van der Waals surface area contributed by atoms with Crippen molar-refractivity contribution in [3.05, 3.63) is 59.4 Å². The van der Waals surface area contributed by atoms with E-state index in [1.54, 1.807) is 0 Å². The molecule has 5 nitrogen and oxygen atoms in total. The molecule has 2 N–H and O–H groups in total. The van der Waals surface area contributed by atoms with Gasteiger partial charge in [-0.05, 0) is 31.4 Å². The molecule has 3 atom stereocenters. The van der Waals surface area contributed by atoms with Crippen molar-refractivity contribution in [3.63, 3.8) is 0 Å². The molecule has 0 radical (unpaired) electrons. The van der Waals surface area contributed by atoms with E-state index in [1.165, 1.54) is 12.8 Å². The van der Waals surface area contributed by atoms with Crippen LogP contribution < -0.4 is 4.74 Å². The Hall–Kier alpha value is -2.37. The maximum absolute atomic E-state index is 10.7. The van der Waals surface area contributed by atoms with E-state index in [0.717, 1.165) is 22.4 Å². The van der Waals surface area contributed by atoms with Gasteiger partial charge in [-0.1, -0.05) is 36.4 Å². The molecule has 0 spiro atoms. The molecule has 25 heavy (non-hydrogen) atoms. The predicted octanol–water partition coefficient (Wildman–Crippen LogP) is 3.21. The fraction of sp³-hybridized carbons (Fsp3) is 0.350. The Bertz CT molecular complexity index is 946. The van der Waals surface area contributed by atoms with Crippen molar-refractivity contribution >= 4 is 11.0 Å². The average Bonchev–Trinajstić information content (AvgIpc) is 3.40. The van der Waals surface area contributed by atoms with Gasteiger partial charge in [0, 0.05) is 11.6 Å². The smallest absolute Gasteiger partial charge is 0.154 e. The Morgan fingerprint density at radius 1 is 1.08 bits per heavy atom. The summed E-state index contributed by atoms with van der Waals surface area (Å²) >= 11 is 0. The first-order valence-electron chi connectivity index (χ1n) is 8.74. The molecule has 2 heterocycles. The molecule has 2 aromatic carbocycles. The van der Waals surface area contributed by atoms with Crippen molar-refractivity contribution in [2.24, 2.45) is 0 Å². The van der Waals surface area contributed by atoms with Crippen LogP contribution in [0.4, 0.5) is 0 Å². The molecule has 2 aliphatic rings. The van der Waals surface area contributed by atoms with E-state index < -0.39 is 18.3 Å². The summed E-state index contributed by atoms with van der Waals surface area (Å²) in [6, 6.07) is 13.9. The lowest BCUT2D eigenvalue weighted by atomic mass is 9.92. The van der Waals surface area contributed by atoms with E-state index in [2.05, 4.69) is 4.57 Å². The lowest BCUT2D eigenvalue weighted by molar-refractivity contribution is -0.0692. The number of aryl methyl sites for hydroxylation is 1. The molecule has 1 aliphatic carbocycles. The number of benzene rings is 2. The van der Waals surface area contributed by atoms with Crippen LogP contribution in [0, 0.1) is 6.92 Å². The van der Waals surface area contributed by atoms with Gasteiger partial charge in [-0.2, -0.15) is 0 Å². The highest BCUT2D eigenvalue weighted by Gasteiger charge is 2.39. The molecule has 3 aromatic rings. The minimum absolute atomic E-state index is 0.520. The standard InChI is InChI=1S/C20H20N2O3/c1-11-21-16-15(22(11)13-7-8-13)10-9-14-17(23)18(24)19(25-20(14)16)12-5-3-2-4-6-12/h2-6,9-10,13,17-19,23-24H,7-8H2,1H3/t17-,18+,19-/m1/s1. The van der Waals surface area contributed by atoms with E-state index in [4.69, 9.17) is 9.72 Å². The van der Waals surface area contributed by atoms with Gasteiger partial charge in [0.05, 0.1) is 5.52 Å². The Labute approximate surface area is 145 Å². The van der Waals surface area contributed by atoms with E-state index in [0.29, 0.717) is 17.4 Å². The summed E-state index contributed by atoms with van der Waals surface area (Å²) in [4.78, 5) is 4.72. The number of imidazole rings is 1. The second-order valence-corrected chi connectivity index (χ2v) is 7.00. The average molecular weight is 336 g/mol. The van der Waals surface area contributed by atoms with Gasteiger partial charge in [-0.25, -0.2) is 4.98 Å². The van der Waals surface area contributed by atoms with Crippen molar-refractivity contribution in [2.45, 2.75) is 44.1 Å². The van der Waals surface area contributed by atoms with Crippen LogP contribution in [-0.4, -0.2) is 25.9 Å². The number of nitrogens with zero attached hydrogens (tertiary/aromatic N) is 2. The van der Waals surface area contributed by atoms with Crippen molar-refractivity contribution < 1.29 is 14.9 Å². The Morgan fingerprint density at radius 2 is 1.84 bits per heavy atom. The maximum Gasteiger partial charge on any atom is 0.154 e. The van der Waals surface area contributed by atoms with Crippen LogP contribution in [0.1, 0.15) is 48.0 Å². The summed E-state index contributed by atoms with van der Waals surface area (Å²) in [6.07, 6.45) is -0.263. The lowest BCUT2D eigenvalue weighted by Gasteiger charge is -2.34. The SMILES string of the molecule is Cc1nc2c3c(ccc2n1C1CC1)[C@@H](O)[C@H](O)[C@@H](c1ccccc1)O3. The summed E-state index contributed by atoms with van der Waals surface area (Å²) in [5, 5.41) is 21.2. The van der Waals surface area contributed by atoms with Crippen molar-refractivity contribution in [1.29, 1.82) is 0 Å². The molecule has 5 heteroatoms. The van der Waals surface area contributed by atoms with Crippen molar-refractivity contribution in [2.75, 3.05) is 0 Å². The summed E-state index contributed by atoms with van der Waals surface area (Å²) in [7, 11) is 0. The Morgan fingerprint density at radius 3 is 2.56 bits per heavy atom. The Balaban J connectivity index is 1.68. The van der Waals surface area contributed by atoms with Crippen LogP contribution in [0.3, 0.4) is 0 Å². The minimum Gasteiger partial charge on any atom is -0.480 e. The van der Waals surface area contributed by atoms with Crippen LogP contribution in [0.2, 0.25) is 0 Å². The van der Waals surface area contributed by atoms with E-state index in [1.807, 2.05) is 49.4 Å². The summed E-state index contributed by atoms with van der Waals surface area (Å²) in [6.45, 7) is 2.01. The zero-order valence-corrected chi connectivity index (χ0v) is 14.0. The number of hydrogen-bond donors (Lipinski definition) is 2. The highest BCUT2D eigenvalue weighted by atomic mass is 16.5. The molecule has 1 fully saturated rings. The topological polar surface area (TPSA) is 67.5 Å². The third kappa shape index (κ3) is 2.19. The number of ether oxygens (including phenoxy) is 1. The van der Waals surface area contributed by atoms with E-state index in [9.17, 15) is 10.2 Å². The molecular weight excluding hydrogens is 316 g/mol. The minimum atomic E-state index is -1.01. The quantitative estimate of drug-likeness (QED) is 0.754. The molecule has 0 bridgehead atoms. The number of aliphatic hydroxyl groups is 2. The lowest BCUT2D eigenvalue weighted by Crippen LogP contribution is -2.34. The van der Waals surface area contributed by atoms with Gasteiger partial charge in [-0.15, -0.1) is 0 Å². The first kappa shape index (κ1) is 14.9. The van der Waals surface area contributed by atoms with Gasteiger partial charge in [-0.3, -0.25) is 0 Å². The second-order valence-electron chi connectivity index (χ2n) is 7.00. The largest absolute Gasteiger partial charge is 0.480 e. The maximum atomic E-state index is 10.7. The molecule has 1 saturated carbocycles. The van der Waals surface area contributed by atoms with Gasteiger partial charge >= 0.3 is 0 Å². The van der Waals surface area contributed by atoms with Gasteiger partial charge in [0.15, 0.2) is 11.9 Å². The van der Waals surface area contributed by atoms with Gasteiger partial charge in [0.2, 0.25) is 0 Å². The zero-order chi connectivity index (χ0) is 17.1. The highest BCUT2D eigenvalue weighted by Crippen LogP contribution is 2.46. The molecule has 0 amide bonds. The number of fused-ring (bicyclic) bond motifs is 3. The molecule has 5 rings (SSSR count). The first-order valence-corrected chi connectivity index (χ1v) is 8.74. The molecule has 1 aliphatic heterocycles. The fourth-order valence-corrected chi connectivity index (χ4v) is 3.87. The van der Waals surface area contributed by atoms with Gasteiger partial charge in [0.1, 0.15) is 23.5 Å². The van der Waals surface area contributed by atoms with Crippen molar-refractivity contribution in [1.82, 2.24) is 9.55 Å². The molecule has 1 aromatic heterocycles. The van der Waals surface area contributed by atoms with Gasteiger partial charge in [0.25, 0.3) is 0 Å². The van der Waals surface area contributed by atoms with Crippen molar-refractivity contribution in [3.8, 4) is 5.75 Å². The Kier molecular flexibility index (Phi) is 3.17. The second kappa shape index (κ2) is 5.31. The monoisotopic (exact) mass is 336 g/mol. The third-order valence-electron chi connectivity index (χ3n) is 5.26. The van der Waals surface area contributed by atoms with Crippen LogP contribution >= 0.6 is 0 Å². The molecule has 128 valence electrons. The summed E-state index contributed by atoms with van der Waals surface area (Å²) in [5.41, 5.74) is 3.26. The van der Waals surface area contributed by atoms with E-state index in [-0.39, 0.29) is 0 Å². The zero-order valence-electron chi connectivity index (χ0n) is 14.0. The van der Waals surface area contributed by atoms with Gasteiger partial charge < -0.3 is 19.5 Å². The van der Waals surface area contributed by atoms with Crippen LogP contribution in [0.5, 0.6) is 5.75 Å². The van der Waals surface area contributed by atoms with Crippen LogP contribution in [-0.2, 0) is 0 Å². The summed E-state index contributed by atoms with van der Waals surface area (Å²) < 4.78 is 8.45. The summed E-state index contributed by atoms with van der Waals surface area (Å²) in [5.74, 6) is 1.55. The van der Waals surface area contributed by atoms with Crippen LogP contribution in [0.25, 0.3) is 11.0 Å². The number of aliphatic hydroxyl groups excluding tert-OH is 2. The number of aromatic nitrogens is 2. The van der Waals surface area contributed by atoms with Crippen LogP contribution in [0.15, 0.2) is 42.5 Å². The predicted molar refractivity (Wildman–Crippen MR) is 93.5 cm³/mol. The first-order chi connectivity index (χ1) is 12.1. The molecule has 0 unspecified atom stereocenters. The highest BCUT2D eigenvalue weighted by molar-refractivity contribution is 5.85. The third-order valence-corrected chi connectivity index (χ3v) is 5.26.